The van der Waals surface area contributed by atoms with Crippen molar-refractivity contribution in [3.63, 3.8) is 0 Å². The largest absolute Gasteiger partial charge is 0.341 e. The van der Waals surface area contributed by atoms with Gasteiger partial charge in [0.25, 0.3) is 0 Å². The molecule has 0 aliphatic rings. The Morgan fingerprint density at radius 1 is 0.917 bits per heavy atom. The molecule has 0 spiro atoms. The molecule has 1 atom stereocenters. The molecule has 2 aromatic carbocycles. The summed E-state index contributed by atoms with van der Waals surface area (Å²) in [5, 5.41) is 6.14. The maximum atomic E-state index is 12.2. The number of nitrogens with zero attached hydrogens (tertiary/aromatic N) is 1. The van der Waals surface area contributed by atoms with Crippen LogP contribution in [0.3, 0.4) is 0 Å². The zero-order valence-electron chi connectivity index (χ0n) is 13.2. The second-order valence-electron chi connectivity index (χ2n) is 5.44. The molecule has 1 unspecified atom stereocenters. The first-order valence-corrected chi connectivity index (χ1v) is 7.65. The first-order valence-electron chi connectivity index (χ1n) is 7.65. The van der Waals surface area contributed by atoms with Gasteiger partial charge in [-0.05, 0) is 36.8 Å². The zero-order chi connectivity index (χ0) is 16.9. The highest BCUT2D eigenvalue weighted by Gasteiger charge is 2.17. The monoisotopic (exact) mass is 319 g/mol. The summed E-state index contributed by atoms with van der Waals surface area (Å²) in [6, 6.07) is 18.3. The van der Waals surface area contributed by atoms with Gasteiger partial charge in [-0.3, -0.25) is 14.6 Å². The van der Waals surface area contributed by atoms with Gasteiger partial charge in [0.2, 0.25) is 0 Å². The van der Waals surface area contributed by atoms with Crippen LogP contribution in [0.2, 0.25) is 0 Å². The van der Waals surface area contributed by atoms with Crippen molar-refractivity contribution in [3.05, 3.63) is 72.4 Å². The Hall–Kier alpha value is -3.21. The highest BCUT2D eigenvalue weighted by atomic mass is 16.2. The minimum atomic E-state index is -0.700. The van der Waals surface area contributed by atoms with Crippen molar-refractivity contribution in [1.82, 2.24) is 10.3 Å². The Labute approximate surface area is 139 Å². The minimum absolute atomic E-state index is 0.251. The molecular formula is C19H17N3O2. The van der Waals surface area contributed by atoms with E-state index in [4.69, 9.17) is 0 Å². The number of hydrogen-bond donors (Lipinski definition) is 2. The van der Waals surface area contributed by atoms with Gasteiger partial charge in [-0.15, -0.1) is 0 Å². The fourth-order valence-electron chi connectivity index (χ4n) is 2.48. The lowest BCUT2D eigenvalue weighted by Gasteiger charge is -2.14. The van der Waals surface area contributed by atoms with E-state index in [1.165, 1.54) is 0 Å². The average molecular weight is 319 g/mol. The maximum absolute atomic E-state index is 12.2. The third kappa shape index (κ3) is 3.41. The molecule has 0 saturated heterocycles. The van der Waals surface area contributed by atoms with E-state index in [9.17, 15) is 9.59 Å². The Bertz CT molecular complexity index is 873. The van der Waals surface area contributed by atoms with Crippen LogP contribution in [-0.2, 0) is 9.59 Å². The molecule has 0 aliphatic heterocycles. The molecule has 1 heterocycles. The van der Waals surface area contributed by atoms with E-state index in [0.717, 1.165) is 16.5 Å². The quantitative estimate of drug-likeness (QED) is 0.729. The lowest BCUT2D eigenvalue weighted by molar-refractivity contribution is -0.136. The van der Waals surface area contributed by atoms with Crippen LogP contribution >= 0.6 is 0 Å². The number of anilines is 1. The van der Waals surface area contributed by atoms with E-state index in [2.05, 4.69) is 15.6 Å². The van der Waals surface area contributed by atoms with Crippen LogP contribution < -0.4 is 10.6 Å². The number of rotatable bonds is 3. The first kappa shape index (κ1) is 15.7. The van der Waals surface area contributed by atoms with Gasteiger partial charge in [-0.2, -0.15) is 0 Å². The number of carbonyl (C=O) groups excluding carboxylic acids is 2. The van der Waals surface area contributed by atoms with E-state index < -0.39 is 11.8 Å². The van der Waals surface area contributed by atoms with Gasteiger partial charge >= 0.3 is 11.8 Å². The number of fused-ring (bicyclic) bond motifs is 1. The molecular weight excluding hydrogens is 302 g/mol. The van der Waals surface area contributed by atoms with Crippen molar-refractivity contribution in [3.8, 4) is 0 Å². The number of amides is 2. The summed E-state index contributed by atoms with van der Waals surface area (Å²) < 4.78 is 0. The van der Waals surface area contributed by atoms with Crippen molar-refractivity contribution in [2.45, 2.75) is 13.0 Å². The second kappa shape index (κ2) is 6.91. The van der Waals surface area contributed by atoms with Gasteiger partial charge in [0.05, 0.1) is 17.2 Å². The van der Waals surface area contributed by atoms with Gasteiger partial charge < -0.3 is 10.6 Å². The molecule has 2 N–H and O–H groups in total. The Kier molecular flexibility index (Phi) is 4.52. The molecule has 3 rings (SSSR count). The molecule has 120 valence electrons. The van der Waals surface area contributed by atoms with Gasteiger partial charge in [-0.25, -0.2) is 0 Å². The third-order valence-corrected chi connectivity index (χ3v) is 3.75. The molecule has 0 fully saturated rings. The summed E-state index contributed by atoms with van der Waals surface area (Å²) in [7, 11) is 0. The van der Waals surface area contributed by atoms with Crippen molar-refractivity contribution < 1.29 is 9.59 Å². The van der Waals surface area contributed by atoms with Gasteiger partial charge in [0.1, 0.15) is 0 Å². The average Bonchev–Trinajstić information content (AvgIpc) is 2.62. The highest BCUT2D eigenvalue weighted by Crippen LogP contribution is 2.21. The number of benzene rings is 2. The van der Waals surface area contributed by atoms with E-state index in [-0.39, 0.29) is 6.04 Å². The summed E-state index contributed by atoms with van der Waals surface area (Å²) in [6.45, 7) is 1.84. The first-order chi connectivity index (χ1) is 11.6. The number of pyridine rings is 1. The lowest BCUT2D eigenvalue weighted by atomic mass is 10.1. The Balaban J connectivity index is 1.71. The minimum Gasteiger partial charge on any atom is -0.341 e. The fourth-order valence-corrected chi connectivity index (χ4v) is 2.48. The van der Waals surface area contributed by atoms with Gasteiger partial charge in [0, 0.05) is 11.6 Å². The number of carbonyl (C=O) groups is 2. The van der Waals surface area contributed by atoms with Crippen LogP contribution in [0, 0.1) is 0 Å². The zero-order valence-corrected chi connectivity index (χ0v) is 13.2. The summed E-state index contributed by atoms with van der Waals surface area (Å²) in [5.74, 6) is -1.37. The number of nitrogens with one attached hydrogen (secondary N) is 2. The summed E-state index contributed by atoms with van der Waals surface area (Å²) in [4.78, 5) is 28.5. The standard InChI is InChI=1S/C19H17N3O2/c1-13(14-7-3-2-4-8-14)21-18(23)19(24)22-17-11-5-10-16-15(17)9-6-12-20-16/h2-13H,1H3,(H,21,23)(H,22,24). The SMILES string of the molecule is CC(NC(=O)C(=O)Nc1cccc2ncccc12)c1ccccc1. The summed E-state index contributed by atoms with van der Waals surface area (Å²) in [5.41, 5.74) is 2.26. The van der Waals surface area contributed by atoms with Crippen LogP contribution in [0.4, 0.5) is 5.69 Å². The number of aromatic nitrogens is 1. The predicted octanol–water partition coefficient (Wildman–Crippen LogP) is 3.05. The Morgan fingerprint density at radius 2 is 1.71 bits per heavy atom. The molecule has 1 aromatic heterocycles. The lowest BCUT2D eigenvalue weighted by Crippen LogP contribution is -2.36. The van der Waals surface area contributed by atoms with Crippen LogP contribution in [-0.4, -0.2) is 16.8 Å². The normalized spacial score (nSPS) is 11.7. The smallest absolute Gasteiger partial charge is 0.313 e. The molecule has 0 saturated carbocycles. The van der Waals surface area contributed by atoms with Crippen LogP contribution in [0.1, 0.15) is 18.5 Å². The van der Waals surface area contributed by atoms with E-state index >= 15 is 0 Å². The Morgan fingerprint density at radius 3 is 2.50 bits per heavy atom. The molecule has 5 heteroatoms. The molecule has 0 bridgehead atoms. The van der Waals surface area contributed by atoms with Crippen LogP contribution in [0.25, 0.3) is 10.9 Å². The molecule has 5 nitrogen and oxygen atoms in total. The molecule has 0 aliphatic carbocycles. The van der Waals surface area contributed by atoms with E-state index in [1.807, 2.05) is 49.4 Å². The fraction of sp³-hybridized carbons (Fsp3) is 0.105. The topological polar surface area (TPSA) is 71.1 Å². The second-order valence-corrected chi connectivity index (χ2v) is 5.44. The maximum Gasteiger partial charge on any atom is 0.313 e. The van der Waals surface area contributed by atoms with Crippen LogP contribution in [0.5, 0.6) is 0 Å². The van der Waals surface area contributed by atoms with Crippen LogP contribution in [0.15, 0.2) is 66.9 Å². The van der Waals surface area contributed by atoms with Gasteiger partial charge in [0.15, 0.2) is 0 Å². The van der Waals surface area contributed by atoms with E-state index in [1.54, 1.807) is 24.4 Å². The molecule has 2 amide bonds. The molecule has 24 heavy (non-hydrogen) atoms. The summed E-state index contributed by atoms with van der Waals surface area (Å²) in [6.07, 6.45) is 1.68. The van der Waals surface area contributed by atoms with Crippen molar-refractivity contribution in [2.75, 3.05) is 5.32 Å². The van der Waals surface area contributed by atoms with Crippen molar-refractivity contribution in [2.24, 2.45) is 0 Å². The number of hydrogen-bond acceptors (Lipinski definition) is 3. The highest BCUT2D eigenvalue weighted by molar-refractivity contribution is 6.40. The molecule has 3 aromatic rings. The van der Waals surface area contributed by atoms with Crippen molar-refractivity contribution in [1.29, 1.82) is 0 Å². The van der Waals surface area contributed by atoms with Gasteiger partial charge in [-0.1, -0.05) is 36.4 Å². The predicted molar refractivity (Wildman–Crippen MR) is 93.4 cm³/mol. The summed E-state index contributed by atoms with van der Waals surface area (Å²) >= 11 is 0. The van der Waals surface area contributed by atoms with E-state index in [0.29, 0.717) is 5.69 Å². The third-order valence-electron chi connectivity index (χ3n) is 3.75. The molecule has 0 radical (unpaired) electrons. The van der Waals surface area contributed by atoms with Crippen molar-refractivity contribution >= 4 is 28.4 Å².